The van der Waals surface area contributed by atoms with Gasteiger partial charge in [-0.2, -0.15) is 5.10 Å². The van der Waals surface area contributed by atoms with E-state index in [9.17, 15) is 14.9 Å². The zero-order valence-corrected chi connectivity index (χ0v) is 13.1. The van der Waals surface area contributed by atoms with Gasteiger partial charge in [0.25, 0.3) is 5.91 Å². The number of carbonyl (C=O) groups excluding carboxylic acids is 1. The Morgan fingerprint density at radius 1 is 1.39 bits per heavy atom. The maximum atomic E-state index is 12.8. The first-order valence-corrected chi connectivity index (χ1v) is 7.56. The van der Waals surface area contributed by atoms with E-state index in [4.69, 9.17) is 0 Å². The number of hydrogen-bond acceptors (Lipinski definition) is 4. The summed E-state index contributed by atoms with van der Waals surface area (Å²) in [5, 5.41) is 17.6. The van der Waals surface area contributed by atoms with Gasteiger partial charge in [-0.05, 0) is 37.8 Å². The van der Waals surface area contributed by atoms with Crippen LogP contribution in [-0.2, 0) is 0 Å². The summed E-state index contributed by atoms with van der Waals surface area (Å²) in [6.45, 7) is 4.14. The fourth-order valence-corrected chi connectivity index (χ4v) is 3.23. The Hall–Kier alpha value is -2.70. The van der Waals surface area contributed by atoms with Crippen molar-refractivity contribution in [1.29, 1.82) is 0 Å². The highest BCUT2D eigenvalue weighted by Gasteiger charge is 2.36. The monoisotopic (exact) mass is 314 g/mol. The minimum atomic E-state index is -0.551. The van der Waals surface area contributed by atoms with Crippen LogP contribution in [0.3, 0.4) is 0 Å². The van der Waals surface area contributed by atoms with Crippen molar-refractivity contribution in [2.24, 2.45) is 0 Å². The molecule has 2 aromatic rings. The van der Waals surface area contributed by atoms with Crippen molar-refractivity contribution in [3.8, 4) is 0 Å². The summed E-state index contributed by atoms with van der Waals surface area (Å²) in [6.07, 6.45) is 1.73. The van der Waals surface area contributed by atoms with E-state index in [0.29, 0.717) is 12.2 Å². The van der Waals surface area contributed by atoms with Gasteiger partial charge in [0.05, 0.1) is 11.0 Å². The van der Waals surface area contributed by atoms with Crippen LogP contribution in [0.5, 0.6) is 0 Å². The lowest BCUT2D eigenvalue weighted by molar-refractivity contribution is -0.385. The summed E-state index contributed by atoms with van der Waals surface area (Å²) in [6, 6.07) is 7.87. The molecule has 0 bridgehead atoms. The number of benzene rings is 1. The Labute approximate surface area is 133 Å². The van der Waals surface area contributed by atoms with Crippen LogP contribution in [0.4, 0.5) is 5.69 Å². The summed E-state index contributed by atoms with van der Waals surface area (Å²) in [5.74, 6) is -0.383. The number of aromatic amines is 1. The molecule has 1 amide bonds. The molecule has 1 unspecified atom stereocenters. The molecule has 1 fully saturated rings. The van der Waals surface area contributed by atoms with Crippen LogP contribution in [0.2, 0.25) is 0 Å². The van der Waals surface area contributed by atoms with Crippen LogP contribution in [0.1, 0.15) is 46.2 Å². The molecule has 7 heteroatoms. The smallest absolute Gasteiger partial charge is 0.322 e. The third-order valence-corrected chi connectivity index (χ3v) is 4.36. The lowest BCUT2D eigenvalue weighted by Gasteiger charge is -2.25. The second-order valence-corrected chi connectivity index (χ2v) is 5.82. The number of carbonyl (C=O) groups is 1. The molecule has 1 atom stereocenters. The number of aryl methyl sites for hydroxylation is 2. The van der Waals surface area contributed by atoms with Crippen molar-refractivity contribution in [1.82, 2.24) is 15.1 Å². The highest BCUT2D eigenvalue weighted by Crippen LogP contribution is 2.35. The Morgan fingerprint density at radius 3 is 2.83 bits per heavy atom. The SMILES string of the molecule is Cc1ccccc1C1CCCN1C(=O)c1n[nH]c(C)c1[N+](=O)[O-]. The van der Waals surface area contributed by atoms with Crippen molar-refractivity contribution in [3.63, 3.8) is 0 Å². The number of nitrogens with zero attached hydrogens (tertiary/aromatic N) is 3. The van der Waals surface area contributed by atoms with E-state index in [-0.39, 0.29) is 23.3 Å². The molecule has 23 heavy (non-hydrogen) atoms. The van der Waals surface area contributed by atoms with Crippen LogP contribution in [-0.4, -0.2) is 32.5 Å². The van der Waals surface area contributed by atoms with Crippen molar-refractivity contribution in [2.75, 3.05) is 6.54 Å². The number of hydrogen-bond donors (Lipinski definition) is 1. The quantitative estimate of drug-likeness (QED) is 0.696. The standard InChI is InChI=1S/C16H18N4O3/c1-10-6-3-4-7-12(10)13-8-5-9-19(13)16(21)14-15(20(22)23)11(2)17-18-14/h3-4,6-7,13H,5,8-9H2,1-2H3,(H,17,18). The van der Waals surface area contributed by atoms with E-state index >= 15 is 0 Å². The molecule has 0 saturated carbocycles. The topological polar surface area (TPSA) is 92.1 Å². The molecule has 0 spiro atoms. The molecule has 1 aromatic carbocycles. The molecule has 7 nitrogen and oxygen atoms in total. The van der Waals surface area contributed by atoms with Crippen LogP contribution in [0.15, 0.2) is 24.3 Å². The van der Waals surface area contributed by atoms with Gasteiger partial charge < -0.3 is 4.90 Å². The van der Waals surface area contributed by atoms with E-state index in [1.165, 1.54) is 0 Å². The summed E-state index contributed by atoms with van der Waals surface area (Å²) in [5.41, 5.74) is 2.17. The molecule has 3 rings (SSSR count). The van der Waals surface area contributed by atoms with E-state index in [1.54, 1.807) is 11.8 Å². The minimum absolute atomic E-state index is 0.0553. The fraction of sp³-hybridized carbons (Fsp3) is 0.375. The molecule has 0 aliphatic carbocycles. The zero-order chi connectivity index (χ0) is 16.6. The van der Waals surface area contributed by atoms with Gasteiger partial charge in [0.15, 0.2) is 0 Å². The van der Waals surface area contributed by atoms with Crippen molar-refractivity contribution in [2.45, 2.75) is 32.7 Å². The predicted molar refractivity (Wildman–Crippen MR) is 84.2 cm³/mol. The van der Waals surface area contributed by atoms with E-state index in [2.05, 4.69) is 10.2 Å². The molecule has 120 valence electrons. The van der Waals surface area contributed by atoms with Crippen LogP contribution >= 0.6 is 0 Å². The Kier molecular flexibility index (Phi) is 3.85. The maximum Gasteiger partial charge on any atom is 0.322 e. The van der Waals surface area contributed by atoms with Gasteiger partial charge in [0, 0.05) is 6.54 Å². The highest BCUT2D eigenvalue weighted by molar-refractivity contribution is 5.97. The average Bonchev–Trinajstić information content (AvgIpc) is 3.13. The van der Waals surface area contributed by atoms with Gasteiger partial charge in [0.1, 0.15) is 5.69 Å². The fourth-order valence-electron chi connectivity index (χ4n) is 3.23. The lowest BCUT2D eigenvalue weighted by atomic mass is 9.99. The second kappa shape index (κ2) is 5.83. The van der Waals surface area contributed by atoms with Crippen molar-refractivity contribution >= 4 is 11.6 Å². The highest BCUT2D eigenvalue weighted by atomic mass is 16.6. The largest absolute Gasteiger partial charge is 0.330 e. The van der Waals surface area contributed by atoms with Crippen molar-refractivity contribution < 1.29 is 9.72 Å². The lowest BCUT2D eigenvalue weighted by Crippen LogP contribution is -2.31. The zero-order valence-electron chi connectivity index (χ0n) is 13.1. The molecule has 1 saturated heterocycles. The maximum absolute atomic E-state index is 12.8. The second-order valence-electron chi connectivity index (χ2n) is 5.82. The van der Waals surface area contributed by atoms with E-state index < -0.39 is 4.92 Å². The Bertz CT molecular complexity index is 768. The molecular weight excluding hydrogens is 296 g/mol. The van der Waals surface area contributed by atoms with Gasteiger partial charge in [0.2, 0.25) is 5.69 Å². The normalized spacial score (nSPS) is 17.5. The van der Waals surface area contributed by atoms with Gasteiger partial charge >= 0.3 is 5.69 Å². The molecule has 1 aromatic heterocycles. The number of amides is 1. The van der Waals surface area contributed by atoms with Gasteiger partial charge in [-0.3, -0.25) is 20.0 Å². The number of nitrogens with one attached hydrogen (secondary N) is 1. The third kappa shape index (κ3) is 2.58. The number of aromatic nitrogens is 2. The predicted octanol–water partition coefficient (Wildman–Crippen LogP) is 2.91. The number of nitro groups is 1. The number of rotatable bonds is 3. The molecule has 1 aliphatic rings. The number of likely N-dealkylation sites (tertiary alicyclic amines) is 1. The Morgan fingerprint density at radius 2 is 2.13 bits per heavy atom. The first-order chi connectivity index (χ1) is 11.0. The molecule has 0 radical (unpaired) electrons. The summed E-state index contributed by atoms with van der Waals surface area (Å²) in [4.78, 5) is 25.2. The van der Waals surface area contributed by atoms with Gasteiger partial charge in [-0.1, -0.05) is 24.3 Å². The average molecular weight is 314 g/mol. The first-order valence-electron chi connectivity index (χ1n) is 7.56. The Balaban J connectivity index is 1.96. The van der Waals surface area contributed by atoms with E-state index in [1.807, 2.05) is 31.2 Å². The first kappa shape index (κ1) is 15.2. The third-order valence-electron chi connectivity index (χ3n) is 4.36. The summed E-state index contributed by atoms with van der Waals surface area (Å²) < 4.78 is 0. The molecule has 1 N–H and O–H groups in total. The van der Waals surface area contributed by atoms with Crippen LogP contribution < -0.4 is 0 Å². The molecule has 2 heterocycles. The van der Waals surface area contributed by atoms with Gasteiger partial charge in [-0.25, -0.2) is 0 Å². The number of H-pyrrole nitrogens is 1. The van der Waals surface area contributed by atoms with Crippen molar-refractivity contribution in [3.05, 3.63) is 56.9 Å². The minimum Gasteiger partial charge on any atom is -0.330 e. The van der Waals surface area contributed by atoms with E-state index in [0.717, 1.165) is 24.0 Å². The summed E-state index contributed by atoms with van der Waals surface area (Å²) in [7, 11) is 0. The summed E-state index contributed by atoms with van der Waals surface area (Å²) >= 11 is 0. The van der Waals surface area contributed by atoms with Crippen LogP contribution in [0, 0.1) is 24.0 Å². The van der Waals surface area contributed by atoms with Crippen LogP contribution in [0.25, 0.3) is 0 Å². The van der Waals surface area contributed by atoms with Gasteiger partial charge in [-0.15, -0.1) is 0 Å². The molecular formula is C16H18N4O3. The molecule has 1 aliphatic heterocycles.